The molecule has 1 fully saturated rings. The standard InChI is InChI=1S/C23H20N4O3/c1-13-9-18(30-2)19(16-5-8-25-20(13)16)21(23(6-7-23)22(28)29)27-12-15-4-3-14(11-24)10-17(15)26-27/h3-5,8-10,12,21,25H,6-7H2,1-2H3,(H,28,29). The van der Waals surface area contributed by atoms with Crippen LogP contribution in [0.5, 0.6) is 5.75 Å². The molecule has 0 spiro atoms. The Morgan fingerprint density at radius 2 is 2.17 bits per heavy atom. The first-order valence-electron chi connectivity index (χ1n) is 9.75. The van der Waals surface area contributed by atoms with Crippen LogP contribution in [0.2, 0.25) is 0 Å². The van der Waals surface area contributed by atoms with Crippen LogP contribution in [-0.4, -0.2) is 33.0 Å². The summed E-state index contributed by atoms with van der Waals surface area (Å²) in [7, 11) is 1.60. The summed E-state index contributed by atoms with van der Waals surface area (Å²) in [6, 6.07) is 10.8. The molecule has 2 aromatic carbocycles. The Morgan fingerprint density at radius 3 is 2.83 bits per heavy atom. The van der Waals surface area contributed by atoms with E-state index in [9.17, 15) is 15.2 Å². The fraction of sp³-hybridized carbons (Fsp3) is 0.261. The average molecular weight is 400 g/mol. The van der Waals surface area contributed by atoms with E-state index < -0.39 is 17.4 Å². The van der Waals surface area contributed by atoms with Crippen LogP contribution < -0.4 is 4.74 Å². The molecule has 7 nitrogen and oxygen atoms in total. The number of rotatable bonds is 5. The van der Waals surface area contributed by atoms with Crippen LogP contribution in [0.15, 0.2) is 42.7 Å². The van der Waals surface area contributed by atoms with Gasteiger partial charge < -0.3 is 14.8 Å². The van der Waals surface area contributed by atoms with Gasteiger partial charge in [-0.15, -0.1) is 0 Å². The van der Waals surface area contributed by atoms with E-state index in [1.165, 1.54) is 0 Å². The number of aryl methyl sites for hydroxylation is 1. The first kappa shape index (κ1) is 18.3. The molecule has 2 heterocycles. The third kappa shape index (κ3) is 2.50. The Balaban J connectivity index is 1.82. The van der Waals surface area contributed by atoms with Crippen LogP contribution in [0.4, 0.5) is 0 Å². The van der Waals surface area contributed by atoms with E-state index in [4.69, 9.17) is 9.84 Å². The molecule has 5 rings (SSSR count). The molecule has 0 radical (unpaired) electrons. The second kappa shape index (κ2) is 6.36. The quantitative estimate of drug-likeness (QED) is 0.523. The number of methoxy groups -OCH3 is 1. The largest absolute Gasteiger partial charge is 0.496 e. The summed E-state index contributed by atoms with van der Waals surface area (Å²) in [5.74, 6) is -0.189. The van der Waals surface area contributed by atoms with E-state index in [0.717, 1.165) is 27.4 Å². The number of benzene rings is 2. The van der Waals surface area contributed by atoms with Crippen molar-refractivity contribution in [2.75, 3.05) is 7.11 Å². The number of nitriles is 1. The minimum absolute atomic E-state index is 0.518. The van der Waals surface area contributed by atoms with Crippen LogP contribution >= 0.6 is 0 Å². The molecule has 30 heavy (non-hydrogen) atoms. The lowest BCUT2D eigenvalue weighted by Crippen LogP contribution is -2.30. The van der Waals surface area contributed by atoms with Gasteiger partial charge in [0.25, 0.3) is 0 Å². The van der Waals surface area contributed by atoms with Crippen LogP contribution in [0.3, 0.4) is 0 Å². The van der Waals surface area contributed by atoms with Crippen molar-refractivity contribution >= 4 is 27.8 Å². The lowest BCUT2D eigenvalue weighted by molar-refractivity contribution is -0.144. The highest BCUT2D eigenvalue weighted by molar-refractivity contribution is 5.91. The number of aromatic amines is 1. The molecule has 0 aliphatic heterocycles. The summed E-state index contributed by atoms with van der Waals surface area (Å²) in [6.45, 7) is 2.00. The predicted molar refractivity (Wildman–Crippen MR) is 111 cm³/mol. The monoisotopic (exact) mass is 400 g/mol. The Morgan fingerprint density at radius 1 is 1.37 bits per heavy atom. The van der Waals surface area contributed by atoms with Gasteiger partial charge in [-0.1, -0.05) is 0 Å². The van der Waals surface area contributed by atoms with Crippen molar-refractivity contribution in [3.05, 3.63) is 59.4 Å². The summed E-state index contributed by atoms with van der Waals surface area (Å²) < 4.78 is 7.47. The van der Waals surface area contributed by atoms with E-state index in [0.29, 0.717) is 29.7 Å². The van der Waals surface area contributed by atoms with Crippen LogP contribution in [0.1, 0.15) is 35.6 Å². The van der Waals surface area contributed by atoms with E-state index in [1.807, 2.05) is 37.5 Å². The number of carboxylic acids is 1. The molecule has 2 N–H and O–H groups in total. The molecule has 1 aliphatic carbocycles. The molecule has 1 atom stereocenters. The topological polar surface area (TPSA) is 104 Å². The fourth-order valence-electron chi connectivity index (χ4n) is 4.49. The molecule has 0 amide bonds. The van der Waals surface area contributed by atoms with Crippen molar-refractivity contribution in [1.82, 2.24) is 14.8 Å². The summed E-state index contributed by atoms with van der Waals surface area (Å²) in [6.07, 6.45) is 4.85. The average Bonchev–Trinajstić information content (AvgIpc) is 3.20. The highest BCUT2D eigenvalue weighted by Crippen LogP contribution is 2.59. The van der Waals surface area contributed by atoms with Gasteiger partial charge in [-0.05, 0) is 55.7 Å². The van der Waals surface area contributed by atoms with Crippen molar-refractivity contribution in [2.24, 2.45) is 5.41 Å². The molecule has 7 heteroatoms. The number of hydrogen-bond donors (Lipinski definition) is 2. The normalized spacial score (nSPS) is 15.8. The number of hydrogen-bond acceptors (Lipinski definition) is 4. The van der Waals surface area contributed by atoms with Crippen LogP contribution in [0, 0.1) is 23.7 Å². The highest BCUT2D eigenvalue weighted by Gasteiger charge is 2.59. The molecule has 0 bridgehead atoms. The van der Waals surface area contributed by atoms with Crippen LogP contribution in [0.25, 0.3) is 21.8 Å². The summed E-state index contributed by atoms with van der Waals surface area (Å²) in [4.78, 5) is 15.7. The first-order valence-corrected chi connectivity index (χ1v) is 9.75. The number of carboxylic acid groups (broad SMARTS) is 1. The SMILES string of the molecule is COc1cc(C)c2[nH]ccc2c1C(n1cc2ccc(C#N)cc2n1)C1(C(=O)O)CC1. The van der Waals surface area contributed by atoms with E-state index >= 15 is 0 Å². The number of aromatic nitrogens is 3. The third-order valence-electron chi connectivity index (χ3n) is 6.19. The van der Waals surface area contributed by atoms with Crippen molar-refractivity contribution < 1.29 is 14.6 Å². The van der Waals surface area contributed by atoms with Gasteiger partial charge in [0.05, 0.1) is 35.7 Å². The minimum Gasteiger partial charge on any atom is -0.496 e. The van der Waals surface area contributed by atoms with Gasteiger partial charge in [0.15, 0.2) is 0 Å². The number of nitrogens with zero attached hydrogens (tertiary/aromatic N) is 3. The molecule has 1 aliphatic rings. The van der Waals surface area contributed by atoms with Crippen molar-refractivity contribution in [3.8, 4) is 11.8 Å². The molecule has 1 unspecified atom stereocenters. The molecular formula is C23H20N4O3. The van der Waals surface area contributed by atoms with Crippen molar-refractivity contribution in [1.29, 1.82) is 5.26 Å². The minimum atomic E-state index is -0.952. The van der Waals surface area contributed by atoms with Crippen molar-refractivity contribution in [2.45, 2.75) is 25.8 Å². The van der Waals surface area contributed by atoms with E-state index in [2.05, 4.69) is 11.1 Å². The van der Waals surface area contributed by atoms with Gasteiger partial charge in [0.2, 0.25) is 0 Å². The zero-order chi connectivity index (χ0) is 21.0. The number of ether oxygens (including phenoxy) is 1. The Labute approximate surface area is 172 Å². The number of aliphatic carboxylic acids is 1. The van der Waals surface area contributed by atoms with Gasteiger partial charge in [-0.3, -0.25) is 9.48 Å². The van der Waals surface area contributed by atoms with Gasteiger partial charge in [-0.2, -0.15) is 10.4 Å². The number of carbonyl (C=O) groups is 1. The smallest absolute Gasteiger partial charge is 0.312 e. The maximum atomic E-state index is 12.4. The molecule has 0 saturated heterocycles. The second-order valence-corrected chi connectivity index (χ2v) is 7.93. The fourth-order valence-corrected chi connectivity index (χ4v) is 4.49. The maximum absolute atomic E-state index is 12.4. The van der Waals surface area contributed by atoms with Gasteiger partial charge in [0.1, 0.15) is 5.75 Å². The van der Waals surface area contributed by atoms with Gasteiger partial charge >= 0.3 is 5.97 Å². The Kier molecular flexibility index (Phi) is 3.87. The predicted octanol–water partition coefficient (Wildman–Crippen LogP) is 4.16. The van der Waals surface area contributed by atoms with Crippen LogP contribution in [-0.2, 0) is 4.79 Å². The number of nitrogens with one attached hydrogen (secondary N) is 1. The number of H-pyrrole nitrogens is 1. The summed E-state index contributed by atoms with van der Waals surface area (Å²) >= 11 is 0. The zero-order valence-electron chi connectivity index (χ0n) is 16.6. The third-order valence-corrected chi connectivity index (χ3v) is 6.19. The van der Waals surface area contributed by atoms with E-state index in [-0.39, 0.29) is 0 Å². The van der Waals surface area contributed by atoms with Crippen molar-refractivity contribution in [3.63, 3.8) is 0 Å². The number of fused-ring (bicyclic) bond motifs is 2. The molecule has 2 aromatic heterocycles. The lowest BCUT2D eigenvalue weighted by atomic mass is 9.86. The summed E-state index contributed by atoms with van der Waals surface area (Å²) in [5, 5.41) is 25.9. The maximum Gasteiger partial charge on any atom is 0.312 e. The van der Waals surface area contributed by atoms with Gasteiger partial charge in [0, 0.05) is 34.2 Å². The van der Waals surface area contributed by atoms with E-state index in [1.54, 1.807) is 23.9 Å². The van der Waals surface area contributed by atoms with Gasteiger partial charge in [-0.25, -0.2) is 0 Å². The molecule has 150 valence electrons. The highest BCUT2D eigenvalue weighted by atomic mass is 16.5. The second-order valence-electron chi connectivity index (χ2n) is 7.93. The molecular weight excluding hydrogens is 380 g/mol. The molecule has 4 aromatic rings. The zero-order valence-corrected chi connectivity index (χ0v) is 16.6. The molecule has 1 saturated carbocycles. The Hall–Kier alpha value is -3.79. The lowest BCUT2D eigenvalue weighted by Gasteiger charge is -2.27. The summed E-state index contributed by atoms with van der Waals surface area (Å²) in [5.41, 5.74) is 3.03. The first-order chi connectivity index (χ1) is 14.5. The Bertz CT molecular complexity index is 1350.